The van der Waals surface area contributed by atoms with Gasteiger partial charge in [-0.1, -0.05) is 12.8 Å². The molecule has 2 atom stereocenters. The average Bonchev–Trinajstić information content (AvgIpc) is 2.18. The van der Waals surface area contributed by atoms with E-state index in [1.54, 1.807) is 7.11 Å². The standard InChI is InChI=1S/C10H19NO3/c1-14-7-6-10(13)11-8-4-2-3-5-9(8)12/h8-9,12H,2-7H2,1H3,(H,11,13)/t8-,9-/m0/s1. The molecule has 0 heterocycles. The number of rotatable bonds is 4. The molecular formula is C10H19NO3. The minimum absolute atomic E-state index is 0.0298. The molecule has 0 aromatic heterocycles. The summed E-state index contributed by atoms with van der Waals surface area (Å²) in [5, 5.41) is 12.4. The highest BCUT2D eigenvalue weighted by atomic mass is 16.5. The Labute approximate surface area is 84.6 Å². The molecule has 0 aromatic carbocycles. The van der Waals surface area contributed by atoms with Crippen LogP contribution in [0.15, 0.2) is 0 Å². The van der Waals surface area contributed by atoms with E-state index in [1.165, 1.54) is 0 Å². The molecule has 4 heteroatoms. The molecule has 0 unspecified atom stereocenters. The van der Waals surface area contributed by atoms with E-state index in [9.17, 15) is 9.90 Å². The van der Waals surface area contributed by atoms with Gasteiger partial charge in [0.25, 0.3) is 0 Å². The summed E-state index contributed by atoms with van der Waals surface area (Å²) in [4.78, 5) is 11.3. The van der Waals surface area contributed by atoms with Gasteiger partial charge in [-0.3, -0.25) is 4.79 Å². The fraction of sp³-hybridized carbons (Fsp3) is 0.900. The number of hydrogen-bond donors (Lipinski definition) is 2. The van der Waals surface area contributed by atoms with Gasteiger partial charge in [-0.2, -0.15) is 0 Å². The highest BCUT2D eigenvalue weighted by molar-refractivity contribution is 5.76. The predicted molar refractivity (Wildman–Crippen MR) is 52.9 cm³/mol. The van der Waals surface area contributed by atoms with Crippen molar-refractivity contribution in [1.82, 2.24) is 5.32 Å². The molecule has 1 aliphatic carbocycles. The Kier molecular flexibility index (Phi) is 4.90. The smallest absolute Gasteiger partial charge is 0.222 e. The van der Waals surface area contributed by atoms with Gasteiger partial charge in [0.1, 0.15) is 0 Å². The Balaban J connectivity index is 2.23. The number of ether oxygens (including phenoxy) is 1. The van der Waals surface area contributed by atoms with Crippen LogP contribution in [0.2, 0.25) is 0 Å². The molecule has 0 saturated heterocycles. The molecule has 0 aromatic rings. The second-order valence-electron chi connectivity index (χ2n) is 3.77. The first-order valence-electron chi connectivity index (χ1n) is 5.20. The van der Waals surface area contributed by atoms with E-state index < -0.39 is 0 Å². The summed E-state index contributed by atoms with van der Waals surface area (Å²) in [5.74, 6) is -0.0298. The molecule has 0 spiro atoms. The highest BCUT2D eigenvalue weighted by Crippen LogP contribution is 2.18. The van der Waals surface area contributed by atoms with E-state index in [1.807, 2.05) is 0 Å². The van der Waals surface area contributed by atoms with Gasteiger partial charge in [-0.15, -0.1) is 0 Å². The number of nitrogens with one attached hydrogen (secondary N) is 1. The third kappa shape index (κ3) is 3.64. The van der Waals surface area contributed by atoms with Crippen molar-refractivity contribution in [3.8, 4) is 0 Å². The highest BCUT2D eigenvalue weighted by Gasteiger charge is 2.23. The van der Waals surface area contributed by atoms with Gasteiger partial charge in [-0.05, 0) is 12.8 Å². The predicted octanol–water partition coefficient (Wildman–Crippen LogP) is 0.443. The number of methoxy groups -OCH3 is 1. The first-order chi connectivity index (χ1) is 6.74. The quantitative estimate of drug-likeness (QED) is 0.694. The molecule has 0 bridgehead atoms. The normalized spacial score (nSPS) is 27.3. The monoisotopic (exact) mass is 201 g/mol. The molecule has 1 amide bonds. The lowest BCUT2D eigenvalue weighted by Gasteiger charge is -2.28. The van der Waals surface area contributed by atoms with Crippen LogP contribution in [0, 0.1) is 0 Å². The van der Waals surface area contributed by atoms with E-state index in [4.69, 9.17) is 4.74 Å². The van der Waals surface area contributed by atoms with Crippen molar-refractivity contribution in [3.05, 3.63) is 0 Å². The molecule has 1 aliphatic rings. The number of hydrogen-bond acceptors (Lipinski definition) is 3. The van der Waals surface area contributed by atoms with E-state index in [0.717, 1.165) is 25.7 Å². The fourth-order valence-electron chi connectivity index (χ4n) is 1.75. The SMILES string of the molecule is COCCC(=O)N[C@H]1CCCC[C@@H]1O. The van der Waals surface area contributed by atoms with Crippen molar-refractivity contribution in [1.29, 1.82) is 0 Å². The largest absolute Gasteiger partial charge is 0.391 e. The molecule has 0 aliphatic heterocycles. The van der Waals surface area contributed by atoms with Gasteiger partial charge in [-0.25, -0.2) is 0 Å². The Hall–Kier alpha value is -0.610. The maximum Gasteiger partial charge on any atom is 0.222 e. The van der Waals surface area contributed by atoms with Crippen molar-refractivity contribution in [2.45, 2.75) is 44.2 Å². The molecule has 1 rings (SSSR count). The Morgan fingerprint density at radius 3 is 2.86 bits per heavy atom. The van der Waals surface area contributed by atoms with E-state index >= 15 is 0 Å². The van der Waals surface area contributed by atoms with Crippen LogP contribution in [0.4, 0.5) is 0 Å². The summed E-state index contributed by atoms with van der Waals surface area (Å²) in [6.45, 7) is 0.439. The summed E-state index contributed by atoms with van der Waals surface area (Å²) in [5.41, 5.74) is 0. The van der Waals surface area contributed by atoms with Gasteiger partial charge in [0.2, 0.25) is 5.91 Å². The lowest BCUT2D eigenvalue weighted by Crippen LogP contribution is -2.45. The first-order valence-corrected chi connectivity index (χ1v) is 5.20. The van der Waals surface area contributed by atoms with Crippen molar-refractivity contribution < 1.29 is 14.6 Å². The minimum atomic E-state index is -0.366. The Morgan fingerprint density at radius 2 is 2.21 bits per heavy atom. The molecule has 2 N–H and O–H groups in total. The molecule has 1 saturated carbocycles. The Morgan fingerprint density at radius 1 is 1.50 bits per heavy atom. The maximum atomic E-state index is 11.3. The maximum absolute atomic E-state index is 11.3. The van der Waals surface area contributed by atoms with Crippen LogP contribution in [0.5, 0.6) is 0 Å². The summed E-state index contributed by atoms with van der Waals surface area (Å²) in [7, 11) is 1.57. The zero-order valence-electron chi connectivity index (χ0n) is 8.66. The van der Waals surface area contributed by atoms with E-state index in [-0.39, 0.29) is 18.1 Å². The molecule has 4 nitrogen and oxygen atoms in total. The van der Waals surface area contributed by atoms with Gasteiger partial charge in [0.15, 0.2) is 0 Å². The fourth-order valence-corrected chi connectivity index (χ4v) is 1.75. The lowest BCUT2D eigenvalue weighted by atomic mass is 9.92. The zero-order valence-corrected chi connectivity index (χ0v) is 8.66. The van der Waals surface area contributed by atoms with Gasteiger partial charge in [0.05, 0.1) is 18.8 Å². The van der Waals surface area contributed by atoms with Gasteiger partial charge < -0.3 is 15.2 Å². The topological polar surface area (TPSA) is 58.6 Å². The number of carbonyl (C=O) groups excluding carboxylic acids is 1. The number of aliphatic hydroxyl groups is 1. The van der Waals surface area contributed by atoms with Crippen molar-refractivity contribution >= 4 is 5.91 Å². The van der Waals surface area contributed by atoms with Crippen LogP contribution in [-0.2, 0) is 9.53 Å². The van der Waals surface area contributed by atoms with Crippen LogP contribution in [0.1, 0.15) is 32.1 Å². The number of amides is 1. The van der Waals surface area contributed by atoms with Crippen LogP contribution < -0.4 is 5.32 Å². The van der Waals surface area contributed by atoms with E-state index in [2.05, 4.69) is 5.32 Å². The van der Waals surface area contributed by atoms with Crippen LogP contribution in [0.3, 0.4) is 0 Å². The minimum Gasteiger partial charge on any atom is -0.391 e. The van der Waals surface area contributed by atoms with Gasteiger partial charge >= 0.3 is 0 Å². The van der Waals surface area contributed by atoms with Crippen molar-refractivity contribution in [3.63, 3.8) is 0 Å². The summed E-state index contributed by atoms with van der Waals surface area (Å²) < 4.78 is 4.81. The summed E-state index contributed by atoms with van der Waals surface area (Å²) in [6, 6.07) is -0.0480. The van der Waals surface area contributed by atoms with Crippen molar-refractivity contribution in [2.24, 2.45) is 0 Å². The summed E-state index contributed by atoms with van der Waals surface area (Å²) in [6.07, 6.45) is 3.85. The third-order valence-corrected chi connectivity index (χ3v) is 2.61. The molecule has 1 fully saturated rings. The van der Waals surface area contributed by atoms with Crippen LogP contribution in [-0.4, -0.2) is 36.9 Å². The van der Waals surface area contributed by atoms with Crippen LogP contribution in [0.25, 0.3) is 0 Å². The second-order valence-corrected chi connectivity index (χ2v) is 3.77. The zero-order chi connectivity index (χ0) is 10.4. The number of aliphatic hydroxyl groups excluding tert-OH is 1. The molecule has 82 valence electrons. The average molecular weight is 201 g/mol. The van der Waals surface area contributed by atoms with Crippen LogP contribution >= 0.6 is 0 Å². The second kappa shape index (κ2) is 5.98. The van der Waals surface area contributed by atoms with E-state index in [0.29, 0.717) is 13.0 Å². The molecule has 14 heavy (non-hydrogen) atoms. The Bertz CT molecular complexity index is 184. The van der Waals surface area contributed by atoms with Crippen molar-refractivity contribution in [2.75, 3.05) is 13.7 Å². The third-order valence-electron chi connectivity index (χ3n) is 2.61. The molecular weight excluding hydrogens is 182 g/mol. The summed E-state index contributed by atoms with van der Waals surface area (Å²) >= 11 is 0. The number of carbonyl (C=O) groups is 1. The lowest BCUT2D eigenvalue weighted by molar-refractivity contribution is -0.123. The van der Waals surface area contributed by atoms with Gasteiger partial charge in [0, 0.05) is 13.5 Å². The molecule has 0 radical (unpaired) electrons. The first kappa shape index (κ1) is 11.5.